The van der Waals surface area contributed by atoms with Crippen molar-refractivity contribution in [3.8, 4) is 23.0 Å². The van der Waals surface area contributed by atoms with Crippen LogP contribution in [0.15, 0.2) is 37.9 Å². The summed E-state index contributed by atoms with van der Waals surface area (Å²) in [6.07, 6.45) is 0.00111. The minimum atomic E-state index is -0.581. The molecule has 0 aliphatic carbocycles. The van der Waals surface area contributed by atoms with Crippen LogP contribution in [0.4, 0.5) is 0 Å². The highest BCUT2D eigenvalue weighted by atomic mass is 16.5. The second-order valence-electron chi connectivity index (χ2n) is 7.89. The van der Waals surface area contributed by atoms with Crippen LogP contribution in [0.1, 0.15) is 11.1 Å². The molecule has 156 valence electrons. The van der Waals surface area contributed by atoms with Crippen LogP contribution in [0, 0.1) is 13.8 Å². The fraction of sp³-hybridized carbons (Fsp3) is 0.409. The van der Waals surface area contributed by atoms with Crippen molar-refractivity contribution in [3.05, 3.63) is 45.8 Å². The molecule has 0 unspecified atom stereocenters. The highest BCUT2D eigenvalue weighted by Crippen LogP contribution is 2.34. The molecule has 1 aromatic carbocycles. The minimum absolute atomic E-state index is 0.00111. The van der Waals surface area contributed by atoms with Crippen LogP contribution in [-0.2, 0) is 0 Å². The van der Waals surface area contributed by atoms with E-state index in [1.54, 1.807) is 13.0 Å². The van der Waals surface area contributed by atoms with Crippen molar-refractivity contribution in [1.29, 1.82) is 0 Å². The molecule has 0 fully saturated rings. The maximum atomic E-state index is 12.0. The van der Waals surface area contributed by atoms with Crippen LogP contribution in [0.2, 0.25) is 0 Å². The van der Waals surface area contributed by atoms with Gasteiger partial charge >= 0.3 is 5.63 Å². The van der Waals surface area contributed by atoms with Crippen molar-refractivity contribution in [2.24, 2.45) is 0 Å². The zero-order chi connectivity index (χ0) is 21.3. The van der Waals surface area contributed by atoms with Gasteiger partial charge in [-0.2, -0.15) is 0 Å². The van der Waals surface area contributed by atoms with Crippen molar-refractivity contribution in [2.75, 3.05) is 41.3 Å². The first-order valence-electron chi connectivity index (χ1n) is 9.49. The fourth-order valence-electron chi connectivity index (χ4n) is 3.30. The van der Waals surface area contributed by atoms with Gasteiger partial charge in [0, 0.05) is 30.1 Å². The van der Waals surface area contributed by atoms with E-state index in [0.717, 1.165) is 18.5 Å². The molecule has 0 atom stereocenters. The van der Waals surface area contributed by atoms with Crippen LogP contribution >= 0.6 is 0 Å². The van der Waals surface area contributed by atoms with Crippen LogP contribution in [0.25, 0.3) is 22.5 Å². The lowest BCUT2D eigenvalue weighted by atomic mass is 10.1. The molecule has 29 heavy (non-hydrogen) atoms. The van der Waals surface area contributed by atoms with Gasteiger partial charge in [-0.3, -0.25) is 0 Å². The van der Waals surface area contributed by atoms with E-state index in [9.17, 15) is 9.90 Å². The molecule has 3 rings (SSSR count). The first-order chi connectivity index (χ1) is 13.7. The number of benzene rings is 1. The first kappa shape index (κ1) is 21.0. The Morgan fingerprint density at radius 2 is 1.66 bits per heavy atom. The lowest BCUT2D eigenvalue weighted by Gasteiger charge is -2.25. The zero-order valence-corrected chi connectivity index (χ0v) is 17.8. The largest absolute Gasteiger partial charge is 0.507 e. The molecule has 2 heterocycles. The molecule has 3 aromatic rings. The summed E-state index contributed by atoms with van der Waals surface area (Å²) in [7, 11) is 8.06. The Morgan fingerprint density at radius 3 is 2.28 bits per heavy atom. The predicted molar refractivity (Wildman–Crippen MR) is 113 cm³/mol. The average Bonchev–Trinajstić information content (AvgIpc) is 3.04. The molecule has 7 heteroatoms. The number of likely N-dealkylation sites (N-methyl/N-ethyl adjacent to an activating group) is 2. The van der Waals surface area contributed by atoms with Crippen LogP contribution in [0.5, 0.6) is 11.5 Å². The van der Waals surface area contributed by atoms with Gasteiger partial charge in [-0.25, -0.2) is 4.79 Å². The van der Waals surface area contributed by atoms with E-state index >= 15 is 0 Å². The third kappa shape index (κ3) is 4.63. The molecule has 0 radical (unpaired) electrons. The Labute approximate surface area is 170 Å². The second-order valence-corrected chi connectivity index (χ2v) is 7.89. The number of hydrogen-bond donors (Lipinski definition) is 1. The van der Waals surface area contributed by atoms with Gasteiger partial charge in [-0.1, -0.05) is 0 Å². The van der Waals surface area contributed by atoms with E-state index in [1.807, 2.05) is 46.4 Å². The third-order valence-corrected chi connectivity index (χ3v) is 4.71. The molecule has 0 amide bonds. The highest BCUT2D eigenvalue weighted by Gasteiger charge is 2.19. The van der Waals surface area contributed by atoms with E-state index in [2.05, 4.69) is 9.80 Å². The minimum Gasteiger partial charge on any atom is -0.507 e. The van der Waals surface area contributed by atoms with Gasteiger partial charge in [0.05, 0.1) is 5.56 Å². The number of furan rings is 1. The van der Waals surface area contributed by atoms with Crippen molar-refractivity contribution >= 4 is 11.0 Å². The average molecular weight is 400 g/mol. The summed E-state index contributed by atoms with van der Waals surface area (Å²) in [5.41, 5.74) is 0.691. The Bertz CT molecular complexity index is 1050. The van der Waals surface area contributed by atoms with E-state index in [-0.39, 0.29) is 23.2 Å². The van der Waals surface area contributed by atoms with Gasteiger partial charge in [0.2, 0.25) is 0 Å². The maximum absolute atomic E-state index is 12.0. The van der Waals surface area contributed by atoms with Crippen LogP contribution < -0.4 is 10.4 Å². The topological polar surface area (TPSA) is 79.3 Å². The second kappa shape index (κ2) is 8.31. The Kier molecular flexibility index (Phi) is 6.00. The molecule has 0 saturated carbocycles. The van der Waals surface area contributed by atoms with Crippen molar-refractivity contribution < 1.29 is 18.7 Å². The van der Waals surface area contributed by atoms with Gasteiger partial charge in [0.1, 0.15) is 23.2 Å². The molecule has 1 N–H and O–H groups in total. The van der Waals surface area contributed by atoms with E-state index in [0.29, 0.717) is 22.7 Å². The molecular weight excluding hydrogens is 372 g/mol. The van der Waals surface area contributed by atoms with Gasteiger partial charge in [-0.05, 0) is 60.2 Å². The SMILES string of the molecule is Cc1c(-c2cc3ccc(OC(CN(C)C)CN(C)C)cc3o2)oc(=O)c(C)c1O. The summed E-state index contributed by atoms with van der Waals surface area (Å²) >= 11 is 0. The Hall–Kier alpha value is -2.77. The summed E-state index contributed by atoms with van der Waals surface area (Å²) in [6, 6.07) is 7.42. The molecular formula is C22H28N2O5. The summed E-state index contributed by atoms with van der Waals surface area (Å²) in [4.78, 5) is 16.1. The van der Waals surface area contributed by atoms with Gasteiger partial charge < -0.3 is 28.5 Å². The first-order valence-corrected chi connectivity index (χ1v) is 9.49. The number of hydrogen-bond acceptors (Lipinski definition) is 7. The van der Waals surface area contributed by atoms with E-state index < -0.39 is 5.63 Å². The van der Waals surface area contributed by atoms with Crippen LogP contribution in [-0.4, -0.2) is 62.3 Å². The summed E-state index contributed by atoms with van der Waals surface area (Å²) in [5.74, 6) is 1.25. The number of aromatic hydroxyl groups is 1. The van der Waals surface area contributed by atoms with Crippen molar-refractivity contribution in [2.45, 2.75) is 20.0 Å². The molecule has 0 aliphatic heterocycles. The van der Waals surface area contributed by atoms with Crippen molar-refractivity contribution in [1.82, 2.24) is 9.80 Å². The molecule has 0 bridgehead atoms. The molecule has 0 spiro atoms. The number of fused-ring (bicyclic) bond motifs is 1. The highest BCUT2D eigenvalue weighted by molar-refractivity contribution is 5.83. The standard InChI is InChI=1S/C22H28N2O5/c1-13-20(25)14(2)22(26)29-21(13)19-9-15-7-8-16(10-18(15)28-19)27-17(11-23(3)4)12-24(5)6/h7-10,17,25H,11-12H2,1-6H3. The third-order valence-electron chi connectivity index (χ3n) is 4.71. The maximum Gasteiger partial charge on any atom is 0.343 e. The fourth-order valence-corrected chi connectivity index (χ4v) is 3.30. The zero-order valence-electron chi connectivity index (χ0n) is 17.8. The van der Waals surface area contributed by atoms with Gasteiger partial charge in [0.25, 0.3) is 0 Å². The summed E-state index contributed by atoms with van der Waals surface area (Å²) < 4.78 is 17.5. The lowest BCUT2D eigenvalue weighted by molar-refractivity contribution is 0.128. The van der Waals surface area contributed by atoms with Gasteiger partial charge in [0.15, 0.2) is 11.5 Å². The quantitative estimate of drug-likeness (QED) is 0.652. The lowest BCUT2D eigenvalue weighted by Crippen LogP contribution is -2.38. The van der Waals surface area contributed by atoms with Crippen molar-refractivity contribution in [3.63, 3.8) is 0 Å². The number of nitrogens with zero attached hydrogens (tertiary/aromatic N) is 2. The Balaban J connectivity index is 1.94. The summed E-state index contributed by atoms with van der Waals surface area (Å²) in [5, 5.41) is 11.0. The normalized spacial score (nSPS) is 11.9. The van der Waals surface area contributed by atoms with E-state index in [4.69, 9.17) is 13.6 Å². The molecule has 0 aliphatic rings. The smallest absolute Gasteiger partial charge is 0.343 e. The Morgan fingerprint density at radius 1 is 1.00 bits per heavy atom. The molecule has 7 nitrogen and oxygen atoms in total. The molecule has 2 aromatic heterocycles. The number of ether oxygens (including phenoxy) is 1. The van der Waals surface area contributed by atoms with E-state index in [1.165, 1.54) is 6.92 Å². The number of rotatable bonds is 7. The predicted octanol–water partition coefficient (Wildman–Crippen LogP) is 3.25. The van der Waals surface area contributed by atoms with Crippen LogP contribution in [0.3, 0.4) is 0 Å². The van der Waals surface area contributed by atoms with Gasteiger partial charge in [-0.15, -0.1) is 0 Å². The molecule has 0 saturated heterocycles. The summed E-state index contributed by atoms with van der Waals surface area (Å²) in [6.45, 7) is 4.78. The monoisotopic (exact) mass is 400 g/mol.